The topological polar surface area (TPSA) is 20.3 Å². The molecule has 0 aliphatic heterocycles. The van der Waals surface area contributed by atoms with Crippen molar-refractivity contribution in [3.8, 4) is 0 Å². The van der Waals surface area contributed by atoms with Crippen molar-refractivity contribution >= 4 is 22.6 Å². The highest BCUT2D eigenvalue weighted by Gasteiger charge is 2.14. The highest BCUT2D eigenvalue weighted by Crippen LogP contribution is 2.26. The van der Waals surface area contributed by atoms with Crippen LogP contribution in [0.3, 0.4) is 0 Å². The lowest BCUT2D eigenvalue weighted by Crippen LogP contribution is -2.32. The van der Waals surface area contributed by atoms with E-state index in [4.69, 9.17) is 0 Å². The van der Waals surface area contributed by atoms with E-state index >= 15 is 0 Å². The first-order valence-corrected chi connectivity index (χ1v) is 5.65. The monoisotopic (exact) mass is 211 g/mol. The summed E-state index contributed by atoms with van der Waals surface area (Å²) in [5, 5.41) is 1.16. The largest absolute Gasteiger partial charge is 0.364 e. The van der Waals surface area contributed by atoms with Crippen molar-refractivity contribution in [3.63, 3.8) is 0 Å². The molecule has 0 saturated carbocycles. The van der Waals surface area contributed by atoms with Gasteiger partial charge < -0.3 is 4.90 Å². The van der Waals surface area contributed by atoms with Gasteiger partial charge in [0.25, 0.3) is 0 Å². The minimum absolute atomic E-state index is 0.494. The van der Waals surface area contributed by atoms with Crippen molar-refractivity contribution < 1.29 is 4.79 Å². The van der Waals surface area contributed by atoms with Crippen molar-refractivity contribution in [3.05, 3.63) is 17.0 Å². The standard InChI is InChI=1S/C11H17NOS/c1-8(2)9(3)12(4)11-6-5-10(7-13)14-11/h5-9H,1-4H3. The Morgan fingerprint density at radius 1 is 1.36 bits per heavy atom. The second-order valence-electron chi connectivity index (χ2n) is 3.89. The van der Waals surface area contributed by atoms with E-state index in [1.165, 1.54) is 0 Å². The molecule has 0 saturated heterocycles. The average molecular weight is 211 g/mol. The summed E-state index contributed by atoms with van der Waals surface area (Å²) < 4.78 is 0. The van der Waals surface area contributed by atoms with Crippen molar-refractivity contribution in [1.29, 1.82) is 0 Å². The predicted octanol–water partition coefficient (Wildman–Crippen LogP) is 3.04. The van der Waals surface area contributed by atoms with Gasteiger partial charge in [-0.2, -0.15) is 0 Å². The number of hydrogen-bond donors (Lipinski definition) is 0. The smallest absolute Gasteiger partial charge is 0.160 e. The van der Waals surface area contributed by atoms with E-state index in [0.717, 1.165) is 16.2 Å². The number of hydrogen-bond acceptors (Lipinski definition) is 3. The van der Waals surface area contributed by atoms with Gasteiger partial charge in [0.05, 0.1) is 9.88 Å². The van der Waals surface area contributed by atoms with E-state index in [1.807, 2.05) is 12.1 Å². The van der Waals surface area contributed by atoms with Crippen molar-refractivity contribution in [2.45, 2.75) is 26.8 Å². The number of nitrogens with zero attached hydrogens (tertiary/aromatic N) is 1. The fourth-order valence-corrected chi connectivity index (χ4v) is 2.12. The van der Waals surface area contributed by atoms with Gasteiger partial charge >= 0.3 is 0 Å². The minimum Gasteiger partial charge on any atom is -0.364 e. The lowest BCUT2D eigenvalue weighted by Gasteiger charge is -2.28. The second kappa shape index (κ2) is 4.60. The maximum atomic E-state index is 10.5. The summed E-state index contributed by atoms with van der Waals surface area (Å²) in [6, 6.07) is 4.37. The first kappa shape index (κ1) is 11.2. The van der Waals surface area contributed by atoms with Gasteiger partial charge in [0.1, 0.15) is 0 Å². The molecule has 0 radical (unpaired) electrons. The van der Waals surface area contributed by atoms with Crippen LogP contribution in [0.25, 0.3) is 0 Å². The first-order valence-electron chi connectivity index (χ1n) is 4.84. The summed E-state index contributed by atoms with van der Waals surface area (Å²) in [5.41, 5.74) is 0. The molecule has 1 heterocycles. The van der Waals surface area contributed by atoms with Crippen LogP contribution >= 0.6 is 11.3 Å². The maximum Gasteiger partial charge on any atom is 0.160 e. The van der Waals surface area contributed by atoms with E-state index in [1.54, 1.807) is 11.3 Å². The van der Waals surface area contributed by atoms with Gasteiger partial charge in [-0.25, -0.2) is 0 Å². The third kappa shape index (κ3) is 2.35. The van der Waals surface area contributed by atoms with Gasteiger partial charge in [-0.15, -0.1) is 11.3 Å². The van der Waals surface area contributed by atoms with Gasteiger partial charge in [0, 0.05) is 13.1 Å². The van der Waals surface area contributed by atoms with Crippen molar-refractivity contribution in [2.24, 2.45) is 5.92 Å². The third-order valence-corrected chi connectivity index (χ3v) is 3.75. The van der Waals surface area contributed by atoms with Gasteiger partial charge in [-0.05, 0) is 25.0 Å². The van der Waals surface area contributed by atoms with Crippen LogP contribution in [0.1, 0.15) is 30.4 Å². The number of thiophene rings is 1. The van der Waals surface area contributed by atoms with E-state index in [2.05, 4.69) is 32.7 Å². The quantitative estimate of drug-likeness (QED) is 0.713. The summed E-state index contributed by atoms with van der Waals surface area (Å²) in [4.78, 5) is 13.6. The molecule has 1 aromatic heterocycles. The molecular weight excluding hydrogens is 194 g/mol. The Morgan fingerprint density at radius 2 is 2.00 bits per heavy atom. The Balaban J connectivity index is 2.78. The third-order valence-electron chi connectivity index (χ3n) is 2.65. The summed E-state index contributed by atoms with van der Waals surface area (Å²) in [7, 11) is 2.07. The van der Waals surface area contributed by atoms with Gasteiger partial charge in [-0.3, -0.25) is 4.79 Å². The average Bonchev–Trinajstić information content (AvgIpc) is 2.63. The zero-order valence-corrected chi connectivity index (χ0v) is 9.97. The molecule has 0 aromatic carbocycles. The van der Waals surface area contributed by atoms with Crippen LogP contribution in [0.5, 0.6) is 0 Å². The molecule has 1 aromatic rings. The lowest BCUT2D eigenvalue weighted by atomic mass is 10.1. The number of carbonyl (C=O) groups excluding carboxylic acids is 1. The Kier molecular flexibility index (Phi) is 3.69. The Morgan fingerprint density at radius 3 is 2.43 bits per heavy atom. The van der Waals surface area contributed by atoms with Crippen LogP contribution in [0.4, 0.5) is 5.00 Å². The molecule has 3 heteroatoms. The predicted molar refractivity (Wildman–Crippen MR) is 62.4 cm³/mol. The van der Waals surface area contributed by atoms with E-state index in [0.29, 0.717) is 12.0 Å². The first-order chi connectivity index (χ1) is 6.56. The molecule has 1 rings (SSSR count). The molecular formula is C11H17NOS. The van der Waals surface area contributed by atoms with Crippen LogP contribution in [-0.4, -0.2) is 19.4 Å². The molecule has 14 heavy (non-hydrogen) atoms. The number of rotatable bonds is 4. The molecule has 0 fully saturated rings. The normalized spacial score (nSPS) is 12.9. The van der Waals surface area contributed by atoms with Gasteiger partial charge in [-0.1, -0.05) is 13.8 Å². The highest BCUT2D eigenvalue weighted by atomic mass is 32.1. The molecule has 0 spiro atoms. The molecule has 0 aliphatic carbocycles. The number of aldehydes is 1. The van der Waals surface area contributed by atoms with E-state index in [9.17, 15) is 4.79 Å². The van der Waals surface area contributed by atoms with E-state index in [-0.39, 0.29) is 0 Å². The van der Waals surface area contributed by atoms with E-state index < -0.39 is 0 Å². The molecule has 78 valence electrons. The zero-order chi connectivity index (χ0) is 10.7. The fraction of sp³-hybridized carbons (Fsp3) is 0.545. The summed E-state index contributed by atoms with van der Waals surface area (Å²) in [6.45, 7) is 6.61. The lowest BCUT2D eigenvalue weighted by molar-refractivity contribution is 0.112. The SMILES string of the molecule is CC(C)C(C)N(C)c1ccc(C=O)s1. The molecule has 0 amide bonds. The van der Waals surface area contributed by atoms with Gasteiger partial charge in [0.2, 0.25) is 0 Å². The van der Waals surface area contributed by atoms with Crippen LogP contribution < -0.4 is 4.90 Å². The van der Waals surface area contributed by atoms with Gasteiger partial charge in [0.15, 0.2) is 6.29 Å². The van der Waals surface area contributed by atoms with Crippen molar-refractivity contribution in [1.82, 2.24) is 0 Å². The summed E-state index contributed by atoms with van der Waals surface area (Å²) in [5.74, 6) is 0.613. The molecule has 1 atom stereocenters. The Hall–Kier alpha value is -0.830. The minimum atomic E-state index is 0.494. The molecule has 0 N–H and O–H groups in total. The molecule has 0 bridgehead atoms. The van der Waals surface area contributed by atoms with Crippen LogP contribution in [-0.2, 0) is 0 Å². The summed E-state index contributed by atoms with van der Waals surface area (Å²) >= 11 is 1.54. The summed E-state index contributed by atoms with van der Waals surface area (Å²) in [6.07, 6.45) is 0.905. The molecule has 0 aliphatic rings. The van der Waals surface area contributed by atoms with Crippen LogP contribution in [0.15, 0.2) is 12.1 Å². The van der Waals surface area contributed by atoms with Crippen LogP contribution in [0, 0.1) is 5.92 Å². The highest BCUT2D eigenvalue weighted by molar-refractivity contribution is 7.17. The molecule has 1 unspecified atom stereocenters. The number of carbonyl (C=O) groups is 1. The maximum absolute atomic E-state index is 10.5. The Labute approximate surface area is 89.5 Å². The van der Waals surface area contributed by atoms with Crippen molar-refractivity contribution in [2.75, 3.05) is 11.9 Å². The number of anilines is 1. The Bertz CT molecular complexity index is 306. The fourth-order valence-electron chi connectivity index (χ4n) is 1.24. The van der Waals surface area contributed by atoms with Crippen LogP contribution in [0.2, 0.25) is 0 Å². The molecule has 2 nitrogen and oxygen atoms in total. The second-order valence-corrected chi connectivity index (χ2v) is 4.98. The zero-order valence-electron chi connectivity index (χ0n) is 9.15.